The number of amides is 1. The van der Waals surface area contributed by atoms with Gasteiger partial charge in [0.15, 0.2) is 11.7 Å². The lowest BCUT2D eigenvalue weighted by Crippen LogP contribution is -2.20. The highest BCUT2D eigenvalue weighted by Gasteiger charge is 2.13. The predicted octanol–water partition coefficient (Wildman–Crippen LogP) is 3.72. The summed E-state index contributed by atoms with van der Waals surface area (Å²) >= 11 is 1.33. The molecule has 0 aliphatic heterocycles. The van der Waals surface area contributed by atoms with Gasteiger partial charge in [-0.05, 0) is 44.2 Å². The summed E-state index contributed by atoms with van der Waals surface area (Å²) in [5, 5.41) is 3.09. The minimum absolute atomic E-state index is 0.370. The van der Waals surface area contributed by atoms with Crippen LogP contribution in [-0.4, -0.2) is 30.6 Å². The minimum Gasteiger partial charge on any atom is -0.497 e. The minimum atomic E-state index is -0.527. The number of anilines is 1. The molecule has 0 radical (unpaired) electrons. The number of aromatic nitrogens is 1. The number of esters is 1. The Kier molecular flexibility index (Phi) is 5.18. The van der Waals surface area contributed by atoms with Crippen molar-refractivity contribution < 1.29 is 19.1 Å². The number of fused-ring (bicyclic) bond motifs is 1. The highest BCUT2D eigenvalue weighted by molar-refractivity contribution is 7.22. The van der Waals surface area contributed by atoms with E-state index in [2.05, 4.69) is 10.3 Å². The molecule has 0 aliphatic carbocycles. The van der Waals surface area contributed by atoms with Crippen LogP contribution in [0.5, 0.6) is 5.75 Å². The molecular weight excluding hydrogens is 352 g/mol. The first kappa shape index (κ1) is 17.9. The molecule has 0 spiro atoms. The number of nitrogens with zero attached hydrogens (tertiary/aromatic N) is 1. The molecule has 2 aromatic carbocycles. The van der Waals surface area contributed by atoms with Crippen molar-refractivity contribution in [3.05, 3.63) is 53.1 Å². The van der Waals surface area contributed by atoms with Gasteiger partial charge in [-0.1, -0.05) is 28.5 Å². The van der Waals surface area contributed by atoms with Crippen LogP contribution in [0.2, 0.25) is 0 Å². The van der Waals surface area contributed by atoms with Gasteiger partial charge in [0.25, 0.3) is 5.91 Å². The van der Waals surface area contributed by atoms with Gasteiger partial charge in [-0.25, -0.2) is 9.78 Å². The van der Waals surface area contributed by atoms with E-state index in [0.717, 1.165) is 27.1 Å². The van der Waals surface area contributed by atoms with Crippen LogP contribution < -0.4 is 10.1 Å². The van der Waals surface area contributed by atoms with Crippen LogP contribution in [0.15, 0.2) is 36.4 Å². The monoisotopic (exact) mass is 370 g/mol. The first-order chi connectivity index (χ1) is 12.4. The molecule has 3 rings (SSSR count). The van der Waals surface area contributed by atoms with Crippen molar-refractivity contribution >= 4 is 38.6 Å². The lowest BCUT2D eigenvalue weighted by Gasteiger charge is -2.06. The Labute approximate surface area is 154 Å². The van der Waals surface area contributed by atoms with Crippen LogP contribution in [0.4, 0.5) is 5.13 Å². The second-order valence-electron chi connectivity index (χ2n) is 5.85. The lowest BCUT2D eigenvalue weighted by atomic mass is 10.1. The van der Waals surface area contributed by atoms with Gasteiger partial charge in [-0.2, -0.15) is 0 Å². The van der Waals surface area contributed by atoms with Gasteiger partial charge in [-0.3, -0.25) is 10.1 Å². The second kappa shape index (κ2) is 7.53. The average Bonchev–Trinajstić information content (AvgIpc) is 2.99. The molecule has 134 valence electrons. The smallest absolute Gasteiger partial charge is 0.338 e. The van der Waals surface area contributed by atoms with Crippen LogP contribution >= 0.6 is 11.3 Å². The molecule has 26 heavy (non-hydrogen) atoms. The number of ether oxygens (including phenoxy) is 2. The fourth-order valence-corrected chi connectivity index (χ4v) is 3.46. The maximum Gasteiger partial charge on any atom is 0.338 e. The Morgan fingerprint density at radius 2 is 1.85 bits per heavy atom. The van der Waals surface area contributed by atoms with E-state index in [-0.39, 0.29) is 6.61 Å². The number of carbonyl (C=O) groups is 2. The summed E-state index contributed by atoms with van der Waals surface area (Å²) < 4.78 is 11.2. The van der Waals surface area contributed by atoms with Crippen molar-refractivity contribution in [3.8, 4) is 5.75 Å². The van der Waals surface area contributed by atoms with Crippen LogP contribution in [0.1, 0.15) is 21.5 Å². The fraction of sp³-hybridized carbons (Fsp3) is 0.211. The third-order valence-electron chi connectivity index (χ3n) is 3.63. The molecule has 0 aliphatic rings. The van der Waals surface area contributed by atoms with Gasteiger partial charge in [0.2, 0.25) is 0 Å². The topological polar surface area (TPSA) is 77.5 Å². The lowest BCUT2D eigenvalue weighted by molar-refractivity contribution is -0.119. The SMILES string of the molecule is COc1ccc2nc(NC(=O)COC(=O)c3cc(C)cc(C)c3)sc2c1. The predicted molar refractivity (Wildman–Crippen MR) is 101 cm³/mol. The highest BCUT2D eigenvalue weighted by atomic mass is 32.1. The number of nitrogens with one attached hydrogen (secondary N) is 1. The maximum atomic E-state index is 12.1. The van der Waals surface area contributed by atoms with Gasteiger partial charge < -0.3 is 9.47 Å². The van der Waals surface area contributed by atoms with Gasteiger partial charge in [0.05, 0.1) is 22.9 Å². The molecule has 1 amide bonds. The van der Waals surface area contributed by atoms with Gasteiger partial charge in [-0.15, -0.1) is 0 Å². The van der Waals surface area contributed by atoms with Crippen LogP contribution in [0, 0.1) is 13.8 Å². The quantitative estimate of drug-likeness (QED) is 0.693. The Bertz CT molecular complexity index is 961. The van der Waals surface area contributed by atoms with Crippen molar-refractivity contribution in [2.75, 3.05) is 19.0 Å². The zero-order chi connectivity index (χ0) is 18.7. The van der Waals surface area contributed by atoms with Crippen LogP contribution in [-0.2, 0) is 9.53 Å². The Balaban J connectivity index is 1.61. The Morgan fingerprint density at radius 1 is 1.12 bits per heavy atom. The largest absolute Gasteiger partial charge is 0.497 e. The molecule has 0 bridgehead atoms. The van der Waals surface area contributed by atoms with Crippen LogP contribution in [0.25, 0.3) is 10.2 Å². The molecule has 7 heteroatoms. The van der Waals surface area contributed by atoms with Gasteiger partial charge in [0.1, 0.15) is 5.75 Å². The fourth-order valence-electron chi connectivity index (χ4n) is 2.55. The number of thiazole rings is 1. The molecule has 3 aromatic rings. The van der Waals surface area contributed by atoms with Crippen molar-refractivity contribution in [1.82, 2.24) is 4.98 Å². The zero-order valence-electron chi connectivity index (χ0n) is 14.7. The van der Waals surface area contributed by atoms with E-state index < -0.39 is 11.9 Å². The van der Waals surface area contributed by atoms with Crippen molar-refractivity contribution in [3.63, 3.8) is 0 Å². The number of hydrogen-bond acceptors (Lipinski definition) is 6. The molecule has 1 N–H and O–H groups in total. The van der Waals surface area contributed by atoms with Crippen molar-refractivity contribution in [1.29, 1.82) is 0 Å². The molecule has 0 saturated heterocycles. The molecule has 0 fully saturated rings. The summed E-state index contributed by atoms with van der Waals surface area (Å²) in [4.78, 5) is 28.5. The number of aryl methyl sites for hydroxylation is 2. The summed E-state index contributed by atoms with van der Waals surface area (Å²) in [7, 11) is 1.59. The standard InChI is InChI=1S/C19H18N2O4S/c1-11-6-12(2)8-13(7-11)18(23)25-10-17(22)21-19-20-15-5-4-14(24-3)9-16(15)26-19/h4-9H,10H2,1-3H3,(H,20,21,22). The van der Waals surface area contributed by atoms with Crippen LogP contribution in [0.3, 0.4) is 0 Å². The number of rotatable bonds is 5. The normalized spacial score (nSPS) is 10.6. The first-order valence-electron chi connectivity index (χ1n) is 7.94. The molecule has 0 saturated carbocycles. The van der Waals surface area contributed by atoms with E-state index in [4.69, 9.17) is 9.47 Å². The third kappa shape index (κ3) is 4.18. The molecule has 1 heterocycles. The average molecular weight is 370 g/mol. The third-order valence-corrected chi connectivity index (χ3v) is 4.57. The molecule has 6 nitrogen and oxygen atoms in total. The van der Waals surface area contributed by atoms with E-state index in [1.54, 1.807) is 25.3 Å². The first-order valence-corrected chi connectivity index (χ1v) is 8.76. The van der Waals surface area contributed by atoms with Crippen molar-refractivity contribution in [2.45, 2.75) is 13.8 Å². The molecule has 1 aromatic heterocycles. The van der Waals surface area contributed by atoms with Crippen molar-refractivity contribution in [2.24, 2.45) is 0 Å². The zero-order valence-corrected chi connectivity index (χ0v) is 15.5. The molecular formula is C19H18N2O4S. The number of methoxy groups -OCH3 is 1. The van der Waals surface area contributed by atoms with E-state index in [9.17, 15) is 9.59 Å². The summed E-state index contributed by atoms with van der Waals surface area (Å²) in [6, 6.07) is 10.9. The number of carbonyl (C=O) groups excluding carboxylic acids is 2. The summed E-state index contributed by atoms with van der Waals surface area (Å²) in [5.74, 6) is -0.240. The van der Waals surface area contributed by atoms with E-state index in [1.807, 2.05) is 32.0 Å². The van der Waals surface area contributed by atoms with Gasteiger partial charge in [0, 0.05) is 0 Å². The van der Waals surface area contributed by atoms with E-state index >= 15 is 0 Å². The summed E-state index contributed by atoms with van der Waals surface area (Å²) in [6.45, 7) is 3.43. The van der Waals surface area contributed by atoms with Gasteiger partial charge >= 0.3 is 5.97 Å². The Hall–Kier alpha value is -2.93. The highest BCUT2D eigenvalue weighted by Crippen LogP contribution is 2.29. The van der Waals surface area contributed by atoms with E-state index in [1.165, 1.54) is 11.3 Å². The second-order valence-corrected chi connectivity index (χ2v) is 6.88. The number of benzene rings is 2. The molecule has 0 unspecified atom stereocenters. The summed E-state index contributed by atoms with van der Waals surface area (Å²) in [6.07, 6.45) is 0. The molecule has 0 atom stereocenters. The Morgan fingerprint density at radius 3 is 2.54 bits per heavy atom. The van der Waals surface area contributed by atoms with E-state index in [0.29, 0.717) is 10.7 Å². The summed E-state index contributed by atoms with van der Waals surface area (Å²) in [5.41, 5.74) is 3.12. The number of hydrogen-bond donors (Lipinski definition) is 1. The maximum absolute atomic E-state index is 12.1.